The molecule has 1 fully saturated rings. The molecular weight excluding hydrogens is 396 g/mol. The number of anilines is 2. The number of fused-ring (bicyclic) bond motifs is 3. The van der Waals surface area contributed by atoms with Crippen LogP contribution in [0.5, 0.6) is 0 Å². The van der Waals surface area contributed by atoms with Gasteiger partial charge in [-0.3, -0.25) is 0 Å². The minimum Gasteiger partial charge on any atom is -0.380 e. The van der Waals surface area contributed by atoms with Gasteiger partial charge in [-0.15, -0.1) is 0 Å². The fourth-order valence-electron chi connectivity index (χ4n) is 4.62. The van der Waals surface area contributed by atoms with Crippen molar-refractivity contribution < 1.29 is 22.7 Å². The molecule has 4 rings (SSSR count). The van der Waals surface area contributed by atoms with Gasteiger partial charge in [0.15, 0.2) is 5.60 Å². The van der Waals surface area contributed by atoms with Gasteiger partial charge in [0.05, 0.1) is 0 Å². The Kier molecular flexibility index (Phi) is 5.18. The molecule has 0 spiro atoms. The monoisotopic (exact) mass is 418 g/mol. The molecule has 2 aromatic rings. The zero-order valence-corrected chi connectivity index (χ0v) is 16.1. The third-order valence-electron chi connectivity index (χ3n) is 6.24. The van der Waals surface area contributed by atoms with Crippen molar-refractivity contribution in [2.75, 3.05) is 5.32 Å². The van der Waals surface area contributed by atoms with Gasteiger partial charge in [0.25, 0.3) is 0 Å². The lowest BCUT2D eigenvalue weighted by Crippen LogP contribution is -2.50. The normalized spacial score (nSPS) is 25.8. The molecule has 0 radical (unpaired) electrons. The standard InChI is InChI=1S/C23H22F4N2O/c24-17-4-6-18(7-5-17)29-21-11-14-2-1-3-15-12-22(30,23(25,26)27)9-8-19(15)20(14)10-16(21)13-28/h1-2,4-7,10-11,13,15,19,28-30H,3,8-9,12H2/t15?,19?,22-/m1/s1. The van der Waals surface area contributed by atoms with Crippen molar-refractivity contribution in [3.05, 3.63) is 65.0 Å². The molecule has 0 aromatic heterocycles. The molecular formula is C23H22F4N2O. The molecule has 2 aliphatic rings. The van der Waals surface area contributed by atoms with Crippen LogP contribution in [0.2, 0.25) is 0 Å². The maximum atomic E-state index is 13.4. The topological polar surface area (TPSA) is 56.1 Å². The second-order valence-electron chi connectivity index (χ2n) is 8.12. The van der Waals surface area contributed by atoms with E-state index in [4.69, 9.17) is 5.41 Å². The summed E-state index contributed by atoms with van der Waals surface area (Å²) in [6, 6.07) is 9.59. The summed E-state index contributed by atoms with van der Waals surface area (Å²) in [6.45, 7) is 0. The molecule has 3 nitrogen and oxygen atoms in total. The number of aliphatic hydroxyl groups is 1. The Hall–Kier alpha value is -2.67. The highest BCUT2D eigenvalue weighted by Crippen LogP contribution is 2.51. The highest BCUT2D eigenvalue weighted by atomic mass is 19.4. The number of hydrogen-bond acceptors (Lipinski definition) is 3. The molecule has 158 valence electrons. The summed E-state index contributed by atoms with van der Waals surface area (Å²) in [6.07, 6.45) is 0.356. The molecule has 2 unspecified atom stereocenters. The van der Waals surface area contributed by atoms with E-state index in [2.05, 4.69) is 5.32 Å². The first-order valence-electron chi connectivity index (χ1n) is 9.87. The van der Waals surface area contributed by atoms with Crippen molar-refractivity contribution in [2.45, 2.75) is 43.4 Å². The fourth-order valence-corrected chi connectivity index (χ4v) is 4.62. The van der Waals surface area contributed by atoms with Crippen LogP contribution in [0.15, 0.2) is 42.5 Å². The largest absolute Gasteiger partial charge is 0.417 e. The van der Waals surface area contributed by atoms with Crippen molar-refractivity contribution in [1.82, 2.24) is 0 Å². The number of nitrogens with one attached hydrogen (secondary N) is 2. The van der Waals surface area contributed by atoms with E-state index >= 15 is 0 Å². The van der Waals surface area contributed by atoms with E-state index < -0.39 is 11.8 Å². The van der Waals surface area contributed by atoms with E-state index in [0.717, 1.165) is 11.1 Å². The van der Waals surface area contributed by atoms with Gasteiger partial charge in [-0.2, -0.15) is 13.2 Å². The lowest BCUT2D eigenvalue weighted by Gasteiger charge is -2.42. The second kappa shape index (κ2) is 7.54. The Morgan fingerprint density at radius 3 is 2.57 bits per heavy atom. The average molecular weight is 418 g/mol. The van der Waals surface area contributed by atoms with Crippen LogP contribution in [0.25, 0.3) is 6.08 Å². The van der Waals surface area contributed by atoms with Crippen LogP contribution in [0.4, 0.5) is 28.9 Å². The summed E-state index contributed by atoms with van der Waals surface area (Å²) in [7, 11) is 0. The zero-order valence-electron chi connectivity index (χ0n) is 16.1. The number of benzene rings is 2. The van der Waals surface area contributed by atoms with Crippen molar-refractivity contribution in [2.24, 2.45) is 5.92 Å². The number of halogens is 4. The van der Waals surface area contributed by atoms with E-state index in [1.54, 1.807) is 12.1 Å². The SMILES string of the molecule is N=Cc1cc2c(cc1Nc1ccc(F)cc1)C=CCC1C[C@@](O)(C(F)(F)F)CCC21. The molecule has 1 saturated carbocycles. The van der Waals surface area contributed by atoms with Crippen LogP contribution < -0.4 is 5.32 Å². The Bertz CT molecular complexity index is 984. The minimum atomic E-state index is -4.64. The van der Waals surface area contributed by atoms with Crippen molar-refractivity contribution >= 4 is 23.7 Å². The van der Waals surface area contributed by atoms with Gasteiger partial charge in [-0.1, -0.05) is 12.2 Å². The molecule has 0 bridgehead atoms. The Morgan fingerprint density at radius 1 is 1.17 bits per heavy atom. The summed E-state index contributed by atoms with van der Waals surface area (Å²) < 4.78 is 53.2. The molecule has 3 N–H and O–H groups in total. The maximum Gasteiger partial charge on any atom is 0.417 e. The van der Waals surface area contributed by atoms with Crippen LogP contribution in [0, 0.1) is 17.1 Å². The fraction of sp³-hybridized carbons (Fsp3) is 0.348. The number of hydrogen-bond donors (Lipinski definition) is 3. The molecule has 3 atom stereocenters. The summed E-state index contributed by atoms with van der Waals surface area (Å²) in [4.78, 5) is 0. The molecule has 0 amide bonds. The van der Waals surface area contributed by atoms with Crippen LogP contribution in [0.1, 0.15) is 48.3 Å². The molecule has 0 heterocycles. The molecule has 2 aromatic carbocycles. The maximum absolute atomic E-state index is 13.4. The Labute approximate surface area is 171 Å². The van der Waals surface area contributed by atoms with E-state index in [1.165, 1.54) is 18.3 Å². The zero-order chi connectivity index (χ0) is 21.5. The van der Waals surface area contributed by atoms with Gasteiger partial charge in [0.2, 0.25) is 0 Å². The van der Waals surface area contributed by atoms with Gasteiger partial charge in [0.1, 0.15) is 5.82 Å². The predicted molar refractivity (Wildman–Crippen MR) is 109 cm³/mol. The van der Waals surface area contributed by atoms with Crippen LogP contribution in [-0.4, -0.2) is 23.1 Å². The van der Waals surface area contributed by atoms with E-state index in [1.807, 2.05) is 24.3 Å². The van der Waals surface area contributed by atoms with Gasteiger partial charge in [-0.25, -0.2) is 4.39 Å². The minimum absolute atomic E-state index is 0.115. The van der Waals surface area contributed by atoms with Crippen LogP contribution >= 0.6 is 0 Å². The molecule has 0 saturated heterocycles. The summed E-state index contributed by atoms with van der Waals surface area (Å²) >= 11 is 0. The summed E-state index contributed by atoms with van der Waals surface area (Å²) in [5, 5.41) is 21.2. The smallest absolute Gasteiger partial charge is 0.380 e. The molecule has 30 heavy (non-hydrogen) atoms. The third-order valence-corrected chi connectivity index (χ3v) is 6.24. The van der Waals surface area contributed by atoms with Crippen molar-refractivity contribution in [3.63, 3.8) is 0 Å². The first kappa shape index (κ1) is 20.6. The number of allylic oxidation sites excluding steroid dienone is 1. The second-order valence-corrected chi connectivity index (χ2v) is 8.12. The average Bonchev–Trinajstić information content (AvgIpc) is 2.86. The first-order valence-corrected chi connectivity index (χ1v) is 9.87. The highest BCUT2D eigenvalue weighted by molar-refractivity contribution is 5.89. The summed E-state index contributed by atoms with van der Waals surface area (Å²) in [5.74, 6) is -0.784. The lowest BCUT2D eigenvalue weighted by atomic mass is 9.67. The van der Waals surface area contributed by atoms with Gasteiger partial charge in [0, 0.05) is 23.2 Å². The van der Waals surface area contributed by atoms with Gasteiger partial charge >= 0.3 is 6.18 Å². The Balaban J connectivity index is 1.68. The lowest BCUT2D eigenvalue weighted by molar-refractivity contribution is -0.275. The van der Waals surface area contributed by atoms with E-state index in [9.17, 15) is 22.7 Å². The molecule has 7 heteroatoms. The first-order chi connectivity index (χ1) is 14.2. The van der Waals surface area contributed by atoms with E-state index in [-0.39, 0.29) is 36.9 Å². The van der Waals surface area contributed by atoms with Crippen molar-refractivity contribution in [3.8, 4) is 0 Å². The predicted octanol–water partition coefficient (Wildman–Crippen LogP) is 6.16. The summed E-state index contributed by atoms with van der Waals surface area (Å²) in [5.41, 5.74) is 1.09. The number of alkyl halides is 3. The third kappa shape index (κ3) is 3.74. The van der Waals surface area contributed by atoms with Crippen LogP contribution in [-0.2, 0) is 0 Å². The quantitative estimate of drug-likeness (QED) is 0.413. The van der Waals surface area contributed by atoms with Crippen molar-refractivity contribution in [1.29, 1.82) is 5.41 Å². The number of rotatable bonds is 3. The Morgan fingerprint density at radius 2 is 1.90 bits per heavy atom. The van der Waals surface area contributed by atoms with Crippen LogP contribution in [0.3, 0.4) is 0 Å². The van der Waals surface area contributed by atoms with E-state index in [0.29, 0.717) is 23.4 Å². The molecule has 2 aliphatic carbocycles. The highest BCUT2D eigenvalue weighted by Gasteiger charge is 2.57. The van der Waals surface area contributed by atoms with Gasteiger partial charge < -0.3 is 15.8 Å². The van der Waals surface area contributed by atoms with Gasteiger partial charge in [-0.05, 0) is 85.0 Å². The molecule has 0 aliphatic heterocycles.